The summed E-state index contributed by atoms with van der Waals surface area (Å²) in [4.78, 5) is 0. The molecular weight excluding hydrogens is 223 g/mol. The average Bonchev–Trinajstić information content (AvgIpc) is 2.48. The van der Waals surface area contributed by atoms with Crippen LogP contribution in [0.1, 0.15) is 33.3 Å². The first-order valence-corrected chi connectivity index (χ1v) is 6.15. The van der Waals surface area contributed by atoms with E-state index in [2.05, 4.69) is 0 Å². The highest BCUT2D eigenvalue weighted by Gasteiger charge is 2.40. The molecule has 1 aromatic rings. The van der Waals surface area contributed by atoms with Gasteiger partial charge in [0.1, 0.15) is 0 Å². The summed E-state index contributed by atoms with van der Waals surface area (Å²) < 4.78 is 6.33. The van der Waals surface area contributed by atoms with Crippen molar-refractivity contribution in [2.45, 2.75) is 45.8 Å². The van der Waals surface area contributed by atoms with E-state index >= 15 is 0 Å². The van der Waals surface area contributed by atoms with Crippen molar-refractivity contribution in [2.75, 3.05) is 0 Å². The zero-order valence-corrected chi connectivity index (χ0v) is 11.3. The quantitative estimate of drug-likeness (QED) is 0.782. The van der Waals surface area contributed by atoms with Crippen LogP contribution in [-0.4, -0.2) is 28.5 Å². The molecule has 0 saturated heterocycles. The first kappa shape index (κ1) is 13.7. The number of hydrogen-bond acceptors (Lipinski definition) is 4. The SMILES string of the molecule is Cc1ccsc1B(O)OC(C)(C)C(C)(C)O. The molecule has 0 amide bonds. The normalized spacial score (nSPS) is 12.9. The summed E-state index contributed by atoms with van der Waals surface area (Å²) in [5, 5.41) is 21.8. The third-order valence-corrected chi connectivity index (χ3v) is 4.06. The largest absolute Gasteiger partial charge is 0.502 e. The van der Waals surface area contributed by atoms with E-state index in [4.69, 9.17) is 4.65 Å². The second kappa shape index (κ2) is 4.49. The van der Waals surface area contributed by atoms with Gasteiger partial charge in [-0.1, -0.05) is 0 Å². The summed E-state index contributed by atoms with van der Waals surface area (Å²) in [6, 6.07) is 1.93. The Morgan fingerprint density at radius 1 is 1.31 bits per heavy atom. The van der Waals surface area contributed by atoms with Crippen LogP contribution in [0.2, 0.25) is 0 Å². The van der Waals surface area contributed by atoms with E-state index in [1.807, 2.05) is 18.4 Å². The van der Waals surface area contributed by atoms with Crippen LogP contribution in [0.4, 0.5) is 0 Å². The fraction of sp³-hybridized carbons (Fsp3) is 0.636. The van der Waals surface area contributed by atoms with E-state index in [1.54, 1.807) is 27.7 Å². The van der Waals surface area contributed by atoms with Crippen LogP contribution >= 0.6 is 11.3 Å². The average molecular weight is 242 g/mol. The molecule has 1 rings (SSSR count). The van der Waals surface area contributed by atoms with Gasteiger partial charge in [0.2, 0.25) is 0 Å². The second-order valence-corrected chi connectivity index (χ2v) is 5.96. The number of aliphatic hydroxyl groups is 1. The molecule has 0 fully saturated rings. The van der Waals surface area contributed by atoms with Gasteiger partial charge < -0.3 is 14.8 Å². The lowest BCUT2D eigenvalue weighted by Gasteiger charge is -2.38. The van der Waals surface area contributed by atoms with E-state index < -0.39 is 18.3 Å². The Balaban J connectivity index is 2.80. The fourth-order valence-electron chi connectivity index (χ4n) is 1.11. The van der Waals surface area contributed by atoms with E-state index in [0.29, 0.717) is 0 Å². The second-order valence-electron chi connectivity index (χ2n) is 5.01. The summed E-state index contributed by atoms with van der Waals surface area (Å²) >= 11 is 1.45. The highest BCUT2D eigenvalue weighted by Crippen LogP contribution is 2.25. The van der Waals surface area contributed by atoms with Crippen LogP contribution in [0, 0.1) is 6.92 Å². The standard InChI is InChI=1S/C11H19BO3S/c1-8-6-7-16-9(8)12(14)15-11(4,5)10(2,3)13/h6-7,13-14H,1-5H3. The van der Waals surface area contributed by atoms with Crippen LogP contribution in [0.15, 0.2) is 11.4 Å². The summed E-state index contributed by atoms with van der Waals surface area (Å²) in [6.07, 6.45) is 0. The smallest absolute Gasteiger partial charge is 0.423 e. The van der Waals surface area contributed by atoms with Gasteiger partial charge in [0.05, 0.1) is 11.2 Å². The van der Waals surface area contributed by atoms with Gasteiger partial charge in [0.25, 0.3) is 0 Å². The molecule has 0 spiro atoms. The molecule has 3 nitrogen and oxygen atoms in total. The van der Waals surface area contributed by atoms with Gasteiger partial charge in [-0.15, -0.1) is 0 Å². The number of thiophene rings is 1. The number of rotatable bonds is 4. The van der Waals surface area contributed by atoms with Crippen molar-refractivity contribution in [2.24, 2.45) is 0 Å². The molecule has 5 heteroatoms. The summed E-state index contributed by atoms with van der Waals surface area (Å²) in [6.45, 7) is 8.79. The van der Waals surface area contributed by atoms with Crippen molar-refractivity contribution in [3.05, 3.63) is 17.0 Å². The van der Waals surface area contributed by atoms with Crippen molar-refractivity contribution >= 4 is 23.2 Å². The Labute approximate surface area is 101 Å². The first-order chi connectivity index (χ1) is 7.15. The van der Waals surface area contributed by atoms with Crippen LogP contribution in [-0.2, 0) is 4.65 Å². The molecule has 0 saturated carbocycles. The van der Waals surface area contributed by atoms with Gasteiger partial charge >= 0.3 is 7.12 Å². The van der Waals surface area contributed by atoms with Crippen LogP contribution < -0.4 is 4.78 Å². The maximum Gasteiger partial charge on any atom is 0.502 e. The minimum Gasteiger partial charge on any atom is -0.423 e. The Hall–Kier alpha value is -0.355. The maximum atomic E-state index is 9.97. The molecule has 16 heavy (non-hydrogen) atoms. The minimum absolute atomic E-state index is 0.789. The molecule has 1 aromatic heterocycles. The van der Waals surface area contributed by atoms with Crippen molar-refractivity contribution in [1.82, 2.24) is 0 Å². The van der Waals surface area contributed by atoms with Crippen molar-refractivity contribution in [3.63, 3.8) is 0 Å². The van der Waals surface area contributed by atoms with Gasteiger partial charge in [-0.2, -0.15) is 11.3 Å². The monoisotopic (exact) mass is 242 g/mol. The molecule has 1 heterocycles. The Bertz CT molecular complexity index is 354. The zero-order valence-electron chi connectivity index (χ0n) is 10.4. The highest BCUT2D eigenvalue weighted by atomic mass is 32.1. The third kappa shape index (κ3) is 2.85. The molecule has 0 aromatic carbocycles. The maximum absolute atomic E-state index is 9.97. The van der Waals surface area contributed by atoms with Crippen LogP contribution in [0.5, 0.6) is 0 Å². The molecule has 0 aliphatic carbocycles. The topological polar surface area (TPSA) is 49.7 Å². The zero-order chi connectivity index (χ0) is 12.6. The van der Waals surface area contributed by atoms with Gasteiger partial charge in [-0.05, 0) is 51.6 Å². The van der Waals surface area contributed by atoms with E-state index in [0.717, 1.165) is 10.3 Å². The van der Waals surface area contributed by atoms with Crippen LogP contribution in [0.25, 0.3) is 0 Å². The Kier molecular flexibility index (Phi) is 3.85. The first-order valence-electron chi connectivity index (χ1n) is 5.27. The van der Waals surface area contributed by atoms with Gasteiger partial charge in [0.15, 0.2) is 0 Å². The predicted octanol–water partition coefficient (Wildman–Crippen LogP) is 1.31. The predicted molar refractivity (Wildman–Crippen MR) is 68.1 cm³/mol. The minimum atomic E-state index is -1.01. The lowest BCUT2D eigenvalue weighted by atomic mass is 9.80. The van der Waals surface area contributed by atoms with E-state index in [1.165, 1.54) is 11.3 Å². The molecule has 0 radical (unpaired) electrons. The molecule has 0 aliphatic rings. The van der Waals surface area contributed by atoms with Crippen molar-refractivity contribution < 1.29 is 14.8 Å². The third-order valence-electron chi connectivity index (χ3n) is 3.01. The van der Waals surface area contributed by atoms with Gasteiger partial charge in [-0.25, -0.2) is 0 Å². The molecule has 0 aliphatic heterocycles. The molecule has 0 atom stereocenters. The lowest BCUT2D eigenvalue weighted by Crippen LogP contribution is -2.53. The number of hydrogen-bond donors (Lipinski definition) is 2. The summed E-state index contributed by atoms with van der Waals surface area (Å²) in [7, 11) is -0.985. The Morgan fingerprint density at radius 3 is 2.25 bits per heavy atom. The fourth-order valence-corrected chi connectivity index (χ4v) is 1.95. The molecule has 2 N–H and O–H groups in total. The van der Waals surface area contributed by atoms with Gasteiger partial charge in [-0.3, -0.25) is 0 Å². The van der Waals surface area contributed by atoms with Crippen LogP contribution in [0.3, 0.4) is 0 Å². The summed E-state index contributed by atoms with van der Waals surface area (Å²) in [5.74, 6) is 0. The Morgan fingerprint density at radius 2 is 1.88 bits per heavy atom. The highest BCUT2D eigenvalue weighted by molar-refractivity contribution is 7.20. The van der Waals surface area contributed by atoms with Crippen molar-refractivity contribution in [3.8, 4) is 0 Å². The van der Waals surface area contributed by atoms with E-state index in [9.17, 15) is 10.1 Å². The molecule has 90 valence electrons. The molecular formula is C11H19BO3S. The van der Waals surface area contributed by atoms with Gasteiger partial charge in [0, 0.05) is 4.78 Å². The van der Waals surface area contributed by atoms with E-state index in [-0.39, 0.29) is 0 Å². The number of aryl methyl sites for hydroxylation is 1. The lowest BCUT2D eigenvalue weighted by molar-refractivity contribution is -0.0982. The summed E-state index contributed by atoms with van der Waals surface area (Å²) in [5.41, 5.74) is -0.828. The molecule has 0 bridgehead atoms. The van der Waals surface area contributed by atoms with Crippen molar-refractivity contribution in [1.29, 1.82) is 0 Å². The molecule has 0 unspecified atom stereocenters.